The van der Waals surface area contributed by atoms with E-state index in [-0.39, 0.29) is 11.3 Å². The molecule has 192 valence electrons. The summed E-state index contributed by atoms with van der Waals surface area (Å²) in [6.45, 7) is 5.85. The first-order valence-corrected chi connectivity index (χ1v) is 12.4. The van der Waals surface area contributed by atoms with Crippen molar-refractivity contribution in [1.29, 1.82) is 0 Å². The van der Waals surface area contributed by atoms with Crippen LogP contribution in [0.2, 0.25) is 5.02 Å². The molecule has 8 heteroatoms. The van der Waals surface area contributed by atoms with E-state index in [4.69, 9.17) is 21.1 Å². The first-order valence-electron chi connectivity index (χ1n) is 12.0. The molecule has 1 heterocycles. The average Bonchev–Trinajstić information content (AvgIpc) is 3.19. The number of ether oxygens (including phenoxy) is 2. The fraction of sp³-hybridized carbons (Fsp3) is 0.241. The highest BCUT2D eigenvalue weighted by Crippen LogP contribution is 2.43. The van der Waals surface area contributed by atoms with Gasteiger partial charge in [-0.1, -0.05) is 23.7 Å². The van der Waals surface area contributed by atoms with Crippen LogP contribution in [0.5, 0.6) is 11.5 Å². The van der Waals surface area contributed by atoms with E-state index < -0.39 is 17.7 Å². The van der Waals surface area contributed by atoms with Crippen molar-refractivity contribution < 1.29 is 24.2 Å². The number of ketones is 1. The van der Waals surface area contributed by atoms with Crippen LogP contribution in [0.4, 0.5) is 11.4 Å². The van der Waals surface area contributed by atoms with E-state index >= 15 is 0 Å². The summed E-state index contributed by atoms with van der Waals surface area (Å²) in [4.78, 5) is 30.4. The molecule has 37 heavy (non-hydrogen) atoms. The summed E-state index contributed by atoms with van der Waals surface area (Å²) in [5, 5.41) is 11.7. The number of carbonyl (C=O) groups excluding carboxylic acids is 2. The normalized spacial score (nSPS) is 16.7. The van der Waals surface area contributed by atoms with E-state index in [2.05, 4.69) is 18.7 Å². The number of methoxy groups -OCH3 is 2. The second kappa shape index (κ2) is 11.0. The quantitative estimate of drug-likeness (QED) is 0.229. The van der Waals surface area contributed by atoms with Crippen LogP contribution in [0, 0.1) is 0 Å². The maximum absolute atomic E-state index is 13.4. The van der Waals surface area contributed by atoms with Crippen molar-refractivity contribution in [3.05, 3.63) is 88.5 Å². The largest absolute Gasteiger partial charge is 0.507 e. The van der Waals surface area contributed by atoms with Gasteiger partial charge in [-0.05, 0) is 74.0 Å². The maximum atomic E-state index is 13.4. The van der Waals surface area contributed by atoms with Gasteiger partial charge in [0.2, 0.25) is 0 Å². The van der Waals surface area contributed by atoms with Crippen LogP contribution in [0.1, 0.15) is 31.0 Å². The standard InChI is InChI=1S/C29H29ClN2O5/c1-5-31(6-2)20-10-7-18(8-11-20)26-25(27(33)19-9-16-23(30)24(17-19)37-4)28(34)29(35)32(26)21-12-14-22(36-3)15-13-21/h7-17,26,33H,5-6H2,1-4H3/b27-25-. The van der Waals surface area contributed by atoms with Crippen LogP contribution in [-0.2, 0) is 9.59 Å². The number of hydrogen-bond acceptors (Lipinski definition) is 6. The van der Waals surface area contributed by atoms with Crippen molar-refractivity contribution in [2.24, 2.45) is 0 Å². The summed E-state index contributed by atoms with van der Waals surface area (Å²) >= 11 is 6.16. The van der Waals surface area contributed by atoms with Gasteiger partial charge >= 0.3 is 0 Å². The Bertz CT molecular complexity index is 1330. The number of benzene rings is 3. The van der Waals surface area contributed by atoms with E-state index in [1.54, 1.807) is 49.6 Å². The monoisotopic (exact) mass is 520 g/mol. The van der Waals surface area contributed by atoms with E-state index in [1.807, 2.05) is 24.3 Å². The third kappa shape index (κ3) is 4.87. The SMILES string of the molecule is CCN(CC)c1ccc(C2/C(=C(/O)c3ccc(Cl)c(OC)c3)C(=O)C(=O)N2c2ccc(OC)cc2)cc1. The molecule has 1 N–H and O–H groups in total. The van der Waals surface area contributed by atoms with E-state index in [1.165, 1.54) is 12.0 Å². The first-order chi connectivity index (χ1) is 17.8. The number of halogens is 1. The minimum Gasteiger partial charge on any atom is -0.507 e. The second-order valence-electron chi connectivity index (χ2n) is 8.48. The number of anilines is 2. The molecule has 0 spiro atoms. The van der Waals surface area contributed by atoms with Crippen molar-refractivity contribution in [2.75, 3.05) is 37.1 Å². The molecular weight excluding hydrogens is 492 g/mol. The molecule has 1 saturated heterocycles. The van der Waals surface area contributed by atoms with Gasteiger partial charge in [0.25, 0.3) is 11.7 Å². The molecule has 0 aromatic heterocycles. The summed E-state index contributed by atoms with van der Waals surface area (Å²) in [5.41, 5.74) is 2.53. The number of rotatable bonds is 8. The van der Waals surface area contributed by atoms with Crippen LogP contribution in [0.25, 0.3) is 5.76 Å². The smallest absolute Gasteiger partial charge is 0.300 e. The van der Waals surface area contributed by atoms with Crippen molar-refractivity contribution in [2.45, 2.75) is 19.9 Å². The lowest BCUT2D eigenvalue weighted by molar-refractivity contribution is -0.132. The van der Waals surface area contributed by atoms with E-state index in [0.29, 0.717) is 33.3 Å². The summed E-state index contributed by atoms with van der Waals surface area (Å²) in [6.07, 6.45) is 0. The lowest BCUT2D eigenvalue weighted by Gasteiger charge is -2.27. The molecule has 0 saturated carbocycles. The number of nitrogens with zero attached hydrogens (tertiary/aromatic N) is 2. The highest BCUT2D eigenvalue weighted by Gasteiger charge is 2.47. The third-order valence-electron chi connectivity index (χ3n) is 6.56. The average molecular weight is 521 g/mol. The fourth-order valence-electron chi connectivity index (χ4n) is 4.58. The summed E-state index contributed by atoms with van der Waals surface area (Å²) in [6, 6.07) is 18.4. The molecule has 0 aliphatic carbocycles. The first kappa shape index (κ1) is 26.1. The summed E-state index contributed by atoms with van der Waals surface area (Å²) in [5.74, 6) is -0.850. The molecule has 1 aliphatic rings. The number of aliphatic hydroxyl groups is 1. The Morgan fingerprint density at radius 1 is 0.946 bits per heavy atom. The van der Waals surface area contributed by atoms with Gasteiger partial charge in [0.05, 0.1) is 30.9 Å². The van der Waals surface area contributed by atoms with Crippen molar-refractivity contribution in [1.82, 2.24) is 0 Å². The Morgan fingerprint density at radius 3 is 2.16 bits per heavy atom. The van der Waals surface area contributed by atoms with Gasteiger partial charge in [0, 0.05) is 30.0 Å². The van der Waals surface area contributed by atoms with Crippen LogP contribution in [0.3, 0.4) is 0 Å². The molecule has 4 rings (SSSR count). The van der Waals surface area contributed by atoms with Crippen molar-refractivity contribution in [3.8, 4) is 11.5 Å². The number of Topliss-reactive ketones (excluding diaryl/α,β-unsaturated/α-hetero) is 1. The Balaban J connectivity index is 1.90. The molecule has 1 aliphatic heterocycles. The molecular formula is C29H29ClN2O5. The number of aliphatic hydroxyl groups excluding tert-OH is 1. The minimum absolute atomic E-state index is 0.0132. The molecule has 1 amide bonds. The zero-order valence-electron chi connectivity index (χ0n) is 21.2. The zero-order chi connectivity index (χ0) is 26.7. The lowest BCUT2D eigenvalue weighted by Crippen LogP contribution is -2.29. The van der Waals surface area contributed by atoms with Gasteiger partial charge < -0.3 is 19.5 Å². The molecule has 3 aromatic rings. The molecule has 7 nitrogen and oxygen atoms in total. The molecule has 0 radical (unpaired) electrons. The molecule has 0 bridgehead atoms. The number of hydrogen-bond donors (Lipinski definition) is 1. The van der Waals surface area contributed by atoms with Gasteiger partial charge in [-0.2, -0.15) is 0 Å². The topological polar surface area (TPSA) is 79.3 Å². The summed E-state index contributed by atoms with van der Waals surface area (Å²) < 4.78 is 10.5. The Hall–Kier alpha value is -3.97. The van der Waals surface area contributed by atoms with Crippen LogP contribution < -0.4 is 19.3 Å². The van der Waals surface area contributed by atoms with Gasteiger partial charge in [0.15, 0.2) is 0 Å². The highest BCUT2D eigenvalue weighted by atomic mass is 35.5. The Morgan fingerprint density at radius 2 is 1.59 bits per heavy atom. The zero-order valence-corrected chi connectivity index (χ0v) is 22.0. The van der Waals surface area contributed by atoms with Gasteiger partial charge in [-0.3, -0.25) is 14.5 Å². The van der Waals surface area contributed by atoms with Crippen LogP contribution in [0.15, 0.2) is 72.3 Å². The van der Waals surface area contributed by atoms with Crippen molar-refractivity contribution >= 4 is 40.4 Å². The third-order valence-corrected chi connectivity index (χ3v) is 6.87. The van der Waals surface area contributed by atoms with Crippen LogP contribution >= 0.6 is 11.6 Å². The Kier molecular flexibility index (Phi) is 7.74. The maximum Gasteiger partial charge on any atom is 0.300 e. The second-order valence-corrected chi connectivity index (χ2v) is 8.89. The van der Waals surface area contributed by atoms with Gasteiger partial charge in [0.1, 0.15) is 17.3 Å². The van der Waals surface area contributed by atoms with Gasteiger partial charge in [-0.15, -0.1) is 0 Å². The fourth-order valence-corrected chi connectivity index (χ4v) is 4.77. The minimum atomic E-state index is -0.846. The molecule has 1 atom stereocenters. The lowest BCUT2D eigenvalue weighted by atomic mass is 9.94. The van der Waals surface area contributed by atoms with E-state index in [0.717, 1.165) is 18.8 Å². The number of carbonyl (C=O) groups is 2. The summed E-state index contributed by atoms with van der Waals surface area (Å²) in [7, 11) is 3.02. The predicted molar refractivity (Wildman–Crippen MR) is 146 cm³/mol. The Labute approximate surface area is 221 Å². The number of amides is 1. The van der Waals surface area contributed by atoms with Crippen molar-refractivity contribution in [3.63, 3.8) is 0 Å². The molecule has 1 unspecified atom stereocenters. The molecule has 1 fully saturated rings. The highest BCUT2D eigenvalue weighted by molar-refractivity contribution is 6.51. The van der Waals surface area contributed by atoms with E-state index in [9.17, 15) is 14.7 Å². The van der Waals surface area contributed by atoms with Gasteiger partial charge in [-0.25, -0.2) is 0 Å². The predicted octanol–water partition coefficient (Wildman–Crippen LogP) is 5.83. The van der Waals surface area contributed by atoms with Crippen LogP contribution in [-0.4, -0.2) is 44.1 Å². The molecule has 3 aromatic carbocycles.